The number of aromatic nitrogens is 1. The van der Waals surface area contributed by atoms with Crippen LogP contribution in [0.2, 0.25) is 0 Å². The number of nitrogens with zero attached hydrogens (tertiary/aromatic N) is 2. The number of hydrogen-bond donors (Lipinski definition) is 1. The molecule has 1 N–H and O–H groups in total. The molecule has 1 atom stereocenters. The molecule has 2 fully saturated rings. The molecule has 0 aliphatic carbocycles. The van der Waals surface area contributed by atoms with E-state index in [0.29, 0.717) is 6.04 Å². The van der Waals surface area contributed by atoms with Crippen LogP contribution in [-0.2, 0) is 9.47 Å². The van der Waals surface area contributed by atoms with E-state index in [9.17, 15) is 0 Å². The smallest absolute Gasteiger partial charge is 0.132 e. The zero-order chi connectivity index (χ0) is 13.8. The highest BCUT2D eigenvalue weighted by Gasteiger charge is 2.17. The third-order valence-electron chi connectivity index (χ3n) is 3.62. The molecule has 6 heteroatoms. The predicted molar refractivity (Wildman–Crippen MR) is 87.4 cm³/mol. The molecule has 3 heterocycles. The van der Waals surface area contributed by atoms with Crippen molar-refractivity contribution in [3.05, 3.63) is 15.7 Å². The molecule has 0 spiro atoms. The molecule has 1 aromatic heterocycles. The monoisotopic (exact) mass is 389 g/mol. The van der Waals surface area contributed by atoms with Gasteiger partial charge in [0, 0.05) is 23.3 Å². The SMILES string of the molecule is Ic1cc(NC2CCCOC2)nc(N2CCOCC2)c1. The Hall–Kier alpha value is -0.600. The third-order valence-corrected chi connectivity index (χ3v) is 4.25. The average molecular weight is 389 g/mol. The minimum atomic E-state index is 0.381. The van der Waals surface area contributed by atoms with Crippen LogP contribution in [0.1, 0.15) is 12.8 Å². The number of nitrogens with one attached hydrogen (secondary N) is 1. The van der Waals surface area contributed by atoms with E-state index in [1.807, 2.05) is 0 Å². The number of hydrogen-bond acceptors (Lipinski definition) is 5. The molecular weight excluding hydrogens is 369 g/mol. The van der Waals surface area contributed by atoms with Gasteiger partial charge in [0.1, 0.15) is 11.6 Å². The molecule has 2 aliphatic heterocycles. The zero-order valence-corrected chi connectivity index (χ0v) is 13.6. The normalized spacial score (nSPS) is 23.6. The Labute approximate surface area is 133 Å². The average Bonchev–Trinajstić information content (AvgIpc) is 2.49. The number of pyridine rings is 1. The van der Waals surface area contributed by atoms with Crippen LogP contribution in [0.5, 0.6) is 0 Å². The van der Waals surface area contributed by atoms with E-state index in [1.54, 1.807) is 0 Å². The summed E-state index contributed by atoms with van der Waals surface area (Å²) in [7, 11) is 0. The molecule has 5 nitrogen and oxygen atoms in total. The van der Waals surface area contributed by atoms with Gasteiger partial charge in [-0.25, -0.2) is 4.98 Å². The van der Waals surface area contributed by atoms with Crippen molar-refractivity contribution in [3.63, 3.8) is 0 Å². The highest BCUT2D eigenvalue weighted by molar-refractivity contribution is 14.1. The maximum Gasteiger partial charge on any atom is 0.132 e. The Morgan fingerprint density at radius 1 is 1.20 bits per heavy atom. The van der Waals surface area contributed by atoms with Gasteiger partial charge in [0.25, 0.3) is 0 Å². The molecule has 0 radical (unpaired) electrons. The summed E-state index contributed by atoms with van der Waals surface area (Å²) in [6.45, 7) is 5.06. The molecule has 0 bridgehead atoms. The fourth-order valence-corrected chi connectivity index (χ4v) is 3.15. The molecule has 0 aromatic carbocycles. The van der Waals surface area contributed by atoms with E-state index in [0.717, 1.165) is 64.0 Å². The number of anilines is 2. The van der Waals surface area contributed by atoms with Gasteiger partial charge in [-0.3, -0.25) is 0 Å². The molecule has 2 aliphatic rings. The van der Waals surface area contributed by atoms with E-state index in [2.05, 4.69) is 44.9 Å². The topological polar surface area (TPSA) is 46.6 Å². The van der Waals surface area contributed by atoms with Crippen LogP contribution in [0.25, 0.3) is 0 Å². The first kappa shape index (κ1) is 14.3. The summed E-state index contributed by atoms with van der Waals surface area (Å²) in [5, 5.41) is 3.50. The van der Waals surface area contributed by atoms with Crippen LogP contribution < -0.4 is 10.2 Å². The fraction of sp³-hybridized carbons (Fsp3) is 0.643. The Morgan fingerprint density at radius 2 is 2.05 bits per heavy atom. The highest BCUT2D eigenvalue weighted by atomic mass is 127. The number of rotatable bonds is 3. The van der Waals surface area contributed by atoms with Gasteiger partial charge in [-0.1, -0.05) is 0 Å². The third kappa shape index (κ3) is 3.73. The number of halogens is 1. The number of ether oxygens (including phenoxy) is 2. The van der Waals surface area contributed by atoms with E-state index >= 15 is 0 Å². The molecular formula is C14H20IN3O2. The lowest BCUT2D eigenvalue weighted by Crippen LogP contribution is -2.37. The van der Waals surface area contributed by atoms with Crippen LogP contribution in [0.4, 0.5) is 11.6 Å². The van der Waals surface area contributed by atoms with E-state index in [1.165, 1.54) is 3.57 Å². The largest absolute Gasteiger partial charge is 0.379 e. The maximum atomic E-state index is 5.51. The first-order valence-corrected chi connectivity index (χ1v) is 8.24. The summed E-state index contributed by atoms with van der Waals surface area (Å²) in [5.74, 6) is 1.99. The molecule has 2 saturated heterocycles. The summed E-state index contributed by atoms with van der Waals surface area (Å²) in [6.07, 6.45) is 2.28. The molecule has 20 heavy (non-hydrogen) atoms. The summed E-state index contributed by atoms with van der Waals surface area (Å²) in [6, 6.07) is 4.61. The van der Waals surface area contributed by atoms with Crippen molar-refractivity contribution in [2.75, 3.05) is 49.7 Å². The predicted octanol–water partition coefficient (Wildman–Crippen LogP) is 2.11. The van der Waals surface area contributed by atoms with Crippen molar-refractivity contribution in [1.82, 2.24) is 4.98 Å². The summed E-state index contributed by atoms with van der Waals surface area (Å²) >= 11 is 2.35. The van der Waals surface area contributed by atoms with Crippen LogP contribution in [0.15, 0.2) is 12.1 Å². The van der Waals surface area contributed by atoms with E-state index in [4.69, 9.17) is 14.5 Å². The summed E-state index contributed by atoms with van der Waals surface area (Å²) in [5.41, 5.74) is 0. The molecule has 110 valence electrons. The second-order valence-corrected chi connectivity index (χ2v) is 6.43. The van der Waals surface area contributed by atoms with Gasteiger partial charge in [-0.15, -0.1) is 0 Å². The summed E-state index contributed by atoms with van der Waals surface area (Å²) < 4.78 is 12.1. The van der Waals surface area contributed by atoms with Crippen molar-refractivity contribution >= 4 is 34.2 Å². The molecule has 0 amide bonds. The maximum absolute atomic E-state index is 5.51. The van der Waals surface area contributed by atoms with Gasteiger partial charge in [-0.2, -0.15) is 0 Å². The lowest BCUT2D eigenvalue weighted by molar-refractivity contribution is 0.0875. The van der Waals surface area contributed by atoms with E-state index < -0.39 is 0 Å². The van der Waals surface area contributed by atoms with Crippen LogP contribution in [0, 0.1) is 3.57 Å². The van der Waals surface area contributed by atoms with Gasteiger partial charge in [-0.05, 0) is 47.6 Å². The first-order chi connectivity index (χ1) is 9.81. The van der Waals surface area contributed by atoms with Gasteiger partial charge in [0.05, 0.1) is 25.9 Å². The second kappa shape index (κ2) is 6.91. The second-order valence-electron chi connectivity index (χ2n) is 5.19. The number of morpholine rings is 1. The van der Waals surface area contributed by atoms with Crippen molar-refractivity contribution in [2.45, 2.75) is 18.9 Å². The Balaban J connectivity index is 1.71. The Kier molecular flexibility index (Phi) is 4.95. The first-order valence-electron chi connectivity index (χ1n) is 7.16. The summed E-state index contributed by atoms with van der Waals surface area (Å²) in [4.78, 5) is 7.04. The van der Waals surface area contributed by atoms with Crippen molar-refractivity contribution in [3.8, 4) is 0 Å². The molecule has 3 rings (SSSR count). The standard InChI is InChI=1S/C14H20IN3O2/c15-11-8-13(16-12-2-1-5-20-10-12)17-14(9-11)18-3-6-19-7-4-18/h8-9,12H,1-7,10H2,(H,16,17). The van der Waals surface area contributed by atoms with Gasteiger partial charge in [0.2, 0.25) is 0 Å². The van der Waals surface area contributed by atoms with Gasteiger partial charge in [0.15, 0.2) is 0 Å². The van der Waals surface area contributed by atoms with Crippen molar-refractivity contribution in [1.29, 1.82) is 0 Å². The minimum Gasteiger partial charge on any atom is -0.379 e. The van der Waals surface area contributed by atoms with Crippen LogP contribution in [-0.4, -0.2) is 50.5 Å². The highest BCUT2D eigenvalue weighted by Crippen LogP contribution is 2.22. The Bertz CT molecular complexity index is 446. The van der Waals surface area contributed by atoms with Gasteiger partial charge < -0.3 is 19.7 Å². The van der Waals surface area contributed by atoms with Crippen LogP contribution >= 0.6 is 22.6 Å². The van der Waals surface area contributed by atoms with Crippen molar-refractivity contribution in [2.24, 2.45) is 0 Å². The quantitative estimate of drug-likeness (QED) is 0.803. The lowest BCUT2D eigenvalue weighted by Gasteiger charge is -2.29. The lowest BCUT2D eigenvalue weighted by atomic mass is 10.1. The minimum absolute atomic E-state index is 0.381. The van der Waals surface area contributed by atoms with E-state index in [-0.39, 0.29) is 0 Å². The molecule has 1 aromatic rings. The van der Waals surface area contributed by atoms with Gasteiger partial charge >= 0.3 is 0 Å². The van der Waals surface area contributed by atoms with Crippen LogP contribution in [0.3, 0.4) is 0 Å². The Morgan fingerprint density at radius 3 is 2.80 bits per heavy atom. The molecule has 0 saturated carbocycles. The zero-order valence-electron chi connectivity index (χ0n) is 11.5. The van der Waals surface area contributed by atoms with Crippen molar-refractivity contribution < 1.29 is 9.47 Å². The fourth-order valence-electron chi connectivity index (χ4n) is 2.58. The molecule has 1 unspecified atom stereocenters.